The van der Waals surface area contributed by atoms with Gasteiger partial charge in [0.15, 0.2) is 0 Å². The third-order valence-corrected chi connectivity index (χ3v) is 5.31. The molecular weight excluding hydrogens is 390 g/mol. The van der Waals surface area contributed by atoms with E-state index in [9.17, 15) is 20.1 Å². The lowest BCUT2D eigenvalue weighted by Crippen LogP contribution is -2.39. The standard InChI is InChI=1S/C21H23N3O4S/c1-3-5-10-28-18(25)13-29-21-16(12-23)19(15(11-22)20(26)24-21)14-8-6-7-9-17(14)27-4-2/h6-9,15,19H,3-5,10,13H2,1-2H3,(H,24,26)/t15-,19+/m1/s1. The predicted molar refractivity (Wildman–Crippen MR) is 109 cm³/mol. The average molecular weight is 413 g/mol. The molecule has 0 fully saturated rings. The van der Waals surface area contributed by atoms with Gasteiger partial charge < -0.3 is 14.8 Å². The lowest BCUT2D eigenvalue weighted by atomic mass is 9.79. The molecule has 1 amide bonds. The molecule has 0 bridgehead atoms. The number of hydrogen-bond donors (Lipinski definition) is 1. The van der Waals surface area contributed by atoms with Gasteiger partial charge in [0, 0.05) is 5.56 Å². The highest BCUT2D eigenvalue weighted by Crippen LogP contribution is 2.42. The van der Waals surface area contributed by atoms with Gasteiger partial charge in [-0.05, 0) is 19.4 Å². The van der Waals surface area contributed by atoms with E-state index in [4.69, 9.17) is 9.47 Å². The number of para-hydroxylation sites is 1. The number of nitrogens with one attached hydrogen (secondary N) is 1. The molecule has 7 nitrogen and oxygen atoms in total. The molecule has 1 aliphatic rings. The van der Waals surface area contributed by atoms with Crippen molar-refractivity contribution in [2.24, 2.45) is 5.92 Å². The average Bonchev–Trinajstić information content (AvgIpc) is 2.72. The smallest absolute Gasteiger partial charge is 0.316 e. The molecular formula is C21H23N3O4S. The molecule has 2 rings (SSSR count). The predicted octanol–water partition coefficient (Wildman–Crippen LogP) is 3.25. The van der Waals surface area contributed by atoms with E-state index in [0.29, 0.717) is 24.5 Å². The zero-order valence-corrected chi connectivity index (χ0v) is 17.3. The number of allylic oxidation sites excluding steroid dienone is 1. The number of unbranched alkanes of at least 4 members (excludes halogenated alkanes) is 1. The Morgan fingerprint density at radius 1 is 1.28 bits per heavy atom. The second kappa shape index (κ2) is 11.1. The van der Waals surface area contributed by atoms with Crippen LogP contribution < -0.4 is 10.1 Å². The van der Waals surface area contributed by atoms with Crippen molar-refractivity contribution in [3.05, 3.63) is 40.4 Å². The molecule has 1 N–H and O–H groups in total. The number of nitriles is 2. The first-order chi connectivity index (χ1) is 14.1. The van der Waals surface area contributed by atoms with E-state index in [0.717, 1.165) is 24.6 Å². The summed E-state index contributed by atoms with van der Waals surface area (Å²) in [6, 6.07) is 11.2. The van der Waals surface area contributed by atoms with Gasteiger partial charge in [0.1, 0.15) is 11.7 Å². The minimum atomic E-state index is -1.08. The van der Waals surface area contributed by atoms with Crippen LogP contribution in [0.15, 0.2) is 34.9 Å². The van der Waals surface area contributed by atoms with Crippen LogP contribution in [0.3, 0.4) is 0 Å². The van der Waals surface area contributed by atoms with Gasteiger partial charge in [-0.25, -0.2) is 0 Å². The fourth-order valence-electron chi connectivity index (χ4n) is 2.95. The van der Waals surface area contributed by atoms with Crippen LogP contribution in [0.1, 0.15) is 38.2 Å². The molecule has 0 saturated heterocycles. The zero-order chi connectivity index (χ0) is 21.2. The molecule has 29 heavy (non-hydrogen) atoms. The molecule has 0 radical (unpaired) electrons. The van der Waals surface area contributed by atoms with Crippen molar-refractivity contribution in [3.8, 4) is 17.9 Å². The Bertz CT molecular complexity index is 869. The molecule has 0 unspecified atom stereocenters. The molecule has 8 heteroatoms. The van der Waals surface area contributed by atoms with Gasteiger partial charge in [-0.1, -0.05) is 43.3 Å². The van der Waals surface area contributed by atoms with E-state index in [2.05, 4.69) is 11.4 Å². The lowest BCUT2D eigenvalue weighted by molar-refractivity contribution is -0.140. The second-order valence-corrected chi connectivity index (χ2v) is 7.25. The van der Waals surface area contributed by atoms with Crippen LogP contribution in [0.4, 0.5) is 0 Å². The summed E-state index contributed by atoms with van der Waals surface area (Å²) in [5, 5.41) is 22.3. The Morgan fingerprint density at radius 2 is 2.03 bits per heavy atom. The summed E-state index contributed by atoms with van der Waals surface area (Å²) in [5.74, 6) is -2.30. The minimum Gasteiger partial charge on any atom is -0.494 e. The molecule has 0 saturated carbocycles. The number of amides is 1. The number of hydrogen-bond acceptors (Lipinski definition) is 7. The first kappa shape index (κ1) is 22.3. The summed E-state index contributed by atoms with van der Waals surface area (Å²) in [5.41, 5.74) is 0.825. The van der Waals surface area contributed by atoms with Crippen LogP contribution in [0.2, 0.25) is 0 Å². The third kappa shape index (κ3) is 5.52. The molecule has 1 aliphatic heterocycles. The van der Waals surface area contributed by atoms with Crippen molar-refractivity contribution >= 4 is 23.6 Å². The highest BCUT2D eigenvalue weighted by atomic mass is 32.2. The number of carbonyl (C=O) groups is 2. The Labute approximate surface area is 174 Å². The van der Waals surface area contributed by atoms with Gasteiger partial charge in [0.2, 0.25) is 5.91 Å². The summed E-state index contributed by atoms with van der Waals surface area (Å²) in [6.07, 6.45) is 1.69. The molecule has 1 aromatic rings. The number of nitrogens with zero attached hydrogens (tertiary/aromatic N) is 2. The molecule has 2 atom stereocenters. The fraction of sp³-hybridized carbons (Fsp3) is 0.429. The van der Waals surface area contributed by atoms with Crippen LogP contribution in [0.5, 0.6) is 5.75 Å². The van der Waals surface area contributed by atoms with Gasteiger partial charge in [0.25, 0.3) is 0 Å². The van der Waals surface area contributed by atoms with E-state index in [1.165, 1.54) is 0 Å². The second-order valence-electron chi connectivity index (χ2n) is 6.26. The number of thioether (sulfide) groups is 1. The van der Waals surface area contributed by atoms with Gasteiger partial charge in [-0.15, -0.1) is 0 Å². The van der Waals surface area contributed by atoms with Crippen molar-refractivity contribution in [1.82, 2.24) is 5.32 Å². The molecule has 0 aliphatic carbocycles. The maximum atomic E-state index is 12.6. The summed E-state index contributed by atoms with van der Waals surface area (Å²) in [6.45, 7) is 4.58. The Balaban J connectivity index is 2.36. The van der Waals surface area contributed by atoms with Gasteiger partial charge in [0.05, 0.1) is 47.6 Å². The summed E-state index contributed by atoms with van der Waals surface area (Å²) in [4.78, 5) is 24.5. The van der Waals surface area contributed by atoms with E-state index >= 15 is 0 Å². The maximum Gasteiger partial charge on any atom is 0.316 e. The zero-order valence-electron chi connectivity index (χ0n) is 16.4. The molecule has 1 heterocycles. The van der Waals surface area contributed by atoms with Crippen molar-refractivity contribution in [1.29, 1.82) is 10.5 Å². The van der Waals surface area contributed by atoms with E-state index in [1.807, 2.05) is 19.9 Å². The number of rotatable bonds is 9. The first-order valence-corrected chi connectivity index (χ1v) is 10.4. The number of esters is 1. The van der Waals surface area contributed by atoms with Crippen LogP contribution in [0, 0.1) is 28.6 Å². The van der Waals surface area contributed by atoms with Gasteiger partial charge in [-0.3, -0.25) is 9.59 Å². The highest BCUT2D eigenvalue weighted by molar-refractivity contribution is 8.03. The van der Waals surface area contributed by atoms with E-state index in [-0.39, 0.29) is 16.4 Å². The Morgan fingerprint density at radius 3 is 2.69 bits per heavy atom. The lowest BCUT2D eigenvalue weighted by Gasteiger charge is -2.29. The number of ether oxygens (including phenoxy) is 2. The first-order valence-electron chi connectivity index (χ1n) is 9.42. The SMILES string of the molecule is CCCCOC(=O)CSC1=C(C#N)[C@@H](c2ccccc2OCC)[C@@H](C#N)C(=O)N1. The summed E-state index contributed by atoms with van der Waals surface area (Å²) in [7, 11) is 0. The summed E-state index contributed by atoms with van der Waals surface area (Å²) < 4.78 is 10.8. The largest absolute Gasteiger partial charge is 0.494 e. The summed E-state index contributed by atoms with van der Waals surface area (Å²) >= 11 is 1.03. The van der Waals surface area contributed by atoms with Crippen molar-refractivity contribution in [2.75, 3.05) is 19.0 Å². The molecule has 1 aromatic carbocycles. The highest BCUT2D eigenvalue weighted by Gasteiger charge is 2.40. The van der Waals surface area contributed by atoms with Gasteiger partial charge in [-0.2, -0.15) is 10.5 Å². The van der Waals surface area contributed by atoms with Crippen LogP contribution in [-0.4, -0.2) is 30.8 Å². The van der Waals surface area contributed by atoms with Crippen molar-refractivity contribution < 1.29 is 19.1 Å². The van der Waals surface area contributed by atoms with Crippen LogP contribution in [-0.2, 0) is 14.3 Å². The fourth-order valence-corrected chi connectivity index (χ4v) is 3.79. The topological polar surface area (TPSA) is 112 Å². The van der Waals surface area contributed by atoms with E-state index in [1.54, 1.807) is 24.3 Å². The Hall–Kier alpha value is -2.97. The third-order valence-electron chi connectivity index (χ3n) is 4.32. The van der Waals surface area contributed by atoms with Crippen LogP contribution in [0.25, 0.3) is 0 Å². The number of benzene rings is 1. The quantitative estimate of drug-likeness (QED) is 0.488. The normalized spacial score (nSPS) is 18.4. The monoisotopic (exact) mass is 413 g/mol. The van der Waals surface area contributed by atoms with Crippen LogP contribution >= 0.6 is 11.8 Å². The van der Waals surface area contributed by atoms with Crippen molar-refractivity contribution in [3.63, 3.8) is 0 Å². The molecule has 0 spiro atoms. The minimum absolute atomic E-state index is 0.0401. The van der Waals surface area contributed by atoms with E-state index < -0.39 is 23.7 Å². The Kier molecular flexibility index (Phi) is 8.57. The van der Waals surface area contributed by atoms with Gasteiger partial charge >= 0.3 is 5.97 Å². The molecule has 0 aromatic heterocycles. The van der Waals surface area contributed by atoms with Crippen molar-refractivity contribution in [2.45, 2.75) is 32.6 Å². The molecule has 152 valence electrons. The number of carbonyl (C=O) groups excluding carboxylic acids is 2. The maximum absolute atomic E-state index is 12.6.